The summed E-state index contributed by atoms with van der Waals surface area (Å²) in [6, 6.07) is 19.8. The number of quaternary nitrogens is 1. The van der Waals surface area contributed by atoms with Crippen molar-refractivity contribution in [2.45, 2.75) is 24.7 Å². The molecule has 2 heterocycles. The highest BCUT2D eigenvalue weighted by atomic mass is 32.2. The Morgan fingerprint density at radius 2 is 1.76 bits per heavy atom. The first kappa shape index (κ1) is 23.7. The van der Waals surface area contributed by atoms with Gasteiger partial charge in [-0.3, -0.25) is 4.90 Å². The molecule has 0 saturated heterocycles. The molecule has 0 saturated carbocycles. The van der Waals surface area contributed by atoms with Gasteiger partial charge in [0, 0.05) is 29.8 Å². The summed E-state index contributed by atoms with van der Waals surface area (Å²) in [5.41, 5.74) is 3.85. The average Bonchev–Trinajstić information content (AvgIpc) is 3.10. The van der Waals surface area contributed by atoms with Gasteiger partial charge in [-0.1, -0.05) is 49.0 Å². The van der Waals surface area contributed by atoms with Crippen LogP contribution in [0.1, 0.15) is 25.3 Å². The maximum absolute atomic E-state index is 2.57. The van der Waals surface area contributed by atoms with Crippen LogP contribution in [0.5, 0.6) is 0 Å². The molecule has 4 rings (SSSR count). The number of hydrogen-bond acceptors (Lipinski definition) is 3. The number of aryl methyl sites for hydroxylation is 1. The number of hydrogen-bond donors (Lipinski definition) is 0. The molecule has 5 heteroatoms. The van der Waals surface area contributed by atoms with E-state index in [-0.39, 0.29) is 0 Å². The van der Waals surface area contributed by atoms with Gasteiger partial charge in [0.1, 0.15) is 5.52 Å². The van der Waals surface area contributed by atoms with Gasteiger partial charge in [0.05, 0.1) is 58.5 Å². The fourth-order valence-corrected chi connectivity index (χ4v) is 5.70. The van der Waals surface area contributed by atoms with Crippen LogP contribution in [-0.2, 0) is 7.05 Å². The van der Waals surface area contributed by atoms with Crippen molar-refractivity contribution in [2.75, 3.05) is 57.6 Å². The number of benzene rings is 2. The molecule has 0 atom stereocenters. The smallest absolute Gasteiger partial charge is 0.277 e. The molecule has 4 nitrogen and oxygen atoms in total. The van der Waals surface area contributed by atoms with Crippen molar-refractivity contribution in [3.8, 4) is 0 Å². The van der Waals surface area contributed by atoms with E-state index in [1.54, 1.807) is 0 Å². The van der Waals surface area contributed by atoms with Gasteiger partial charge < -0.3 is 9.38 Å². The van der Waals surface area contributed by atoms with Crippen molar-refractivity contribution in [1.82, 2.24) is 0 Å². The molecule has 0 amide bonds. The SMILES string of the molecule is CCCN(CCC[N+](C)(C)C)c1cc(/C=C2\Sc3ccccc3N2C)c2ccccc2[n+]1C. The van der Waals surface area contributed by atoms with Gasteiger partial charge in [0.15, 0.2) is 0 Å². The number of rotatable bonds is 8. The first-order chi connectivity index (χ1) is 15.8. The largest absolute Gasteiger partial charge is 0.338 e. The van der Waals surface area contributed by atoms with E-state index in [1.807, 2.05) is 11.8 Å². The van der Waals surface area contributed by atoms with Crippen LogP contribution in [0.15, 0.2) is 64.5 Å². The first-order valence-corrected chi connectivity index (χ1v) is 12.8. The fourth-order valence-electron chi connectivity index (χ4n) is 4.60. The lowest BCUT2D eigenvalue weighted by Crippen LogP contribution is -2.42. The molecule has 0 bridgehead atoms. The highest BCUT2D eigenvalue weighted by Gasteiger charge is 2.24. The Morgan fingerprint density at radius 3 is 2.48 bits per heavy atom. The minimum atomic E-state index is 1.01. The summed E-state index contributed by atoms with van der Waals surface area (Å²) < 4.78 is 3.38. The normalized spacial score (nSPS) is 14.8. The lowest BCUT2D eigenvalue weighted by atomic mass is 10.1. The Labute approximate surface area is 203 Å². The van der Waals surface area contributed by atoms with Crippen molar-refractivity contribution >= 4 is 40.2 Å². The van der Waals surface area contributed by atoms with Crippen molar-refractivity contribution in [2.24, 2.45) is 7.05 Å². The second kappa shape index (κ2) is 9.78. The number of pyridine rings is 1. The van der Waals surface area contributed by atoms with E-state index >= 15 is 0 Å². The summed E-state index contributed by atoms with van der Waals surface area (Å²) in [4.78, 5) is 6.21. The summed E-state index contributed by atoms with van der Waals surface area (Å²) in [7, 11) is 11.2. The minimum absolute atomic E-state index is 1.01. The Morgan fingerprint density at radius 1 is 1.03 bits per heavy atom. The molecule has 33 heavy (non-hydrogen) atoms. The topological polar surface area (TPSA) is 10.4 Å². The van der Waals surface area contributed by atoms with E-state index in [1.165, 1.54) is 50.9 Å². The summed E-state index contributed by atoms with van der Waals surface area (Å²) in [6.45, 7) is 5.59. The Hall–Kier alpha value is -2.50. The molecule has 0 aliphatic carbocycles. The molecular formula is C28H38N4S+2. The molecule has 3 aromatic rings. The number of thioether (sulfide) groups is 1. The van der Waals surface area contributed by atoms with E-state index in [2.05, 4.69) is 117 Å². The maximum Gasteiger partial charge on any atom is 0.277 e. The van der Waals surface area contributed by atoms with E-state index in [0.29, 0.717) is 0 Å². The molecule has 1 aliphatic heterocycles. The quantitative estimate of drug-likeness (QED) is 0.323. The molecule has 1 aliphatic rings. The van der Waals surface area contributed by atoms with Crippen LogP contribution >= 0.6 is 11.8 Å². The van der Waals surface area contributed by atoms with Crippen LogP contribution in [0.2, 0.25) is 0 Å². The summed E-state index contributed by atoms with van der Waals surface area (Å²) in [5.74, 6) is 1.30. The van der Waals surface area contributed by atoms with Gasteiger partial charge in [-0.25, -0.2) is 4.57 Å². The molecule has 174 valence electrons. The predicted octanol–water partition coefficient (Wildman–Crippen LogP) is 5.52. The number of fused-ring (bicyclic) bond motifs is 2. The van der Waals surface area contributed by atoms with E-state index in [4.69, 9.17) is 0 Å². The fraction of sp³-hybridized carbons (Fsp3) is 0.393. The number of anilines is 2. The zero-order valence-corrected chi connectivity index (χ0v) is 21.8. The van der Waals surface area contributed by atoms with E-state index in [9.17, 15) is 0 Å². The van der Waals surface area contributed by atoms with Gasteiger partial charge in [-0.05, 0) is 36.3 Å². The lowest BCUT2D eigenvalue weighted by molar-refractivity contribution is -0.870. The Kier molecular flexibility index (Phi) is 7.01. The van der Waals surface area contributed by atoms with Crippen LogP contribution in [-0.4, -0.2) is 52.3 Å². The second-order valence-corrected chi connectivity index (χ2v) is 11.1. The van der Waals surface area contributed by atoms with E-state index in [0.717, 1.165) is 24.0 Å². The van der Waals surface area contributed by atoms with Crippen LogP contribution in [0.25, 0.3) is 17.0 Å². The summed E-state index contributed by atoms with van der Waals surface area (Å²) in [6.07, 6.45) is 4.69. The molecule has 1 aromatic heterocycles. The number of aromatic nitrogens is 1. The zero-order chi connectivity index (χ0) is 23.6. The van der Waals surface area contributed by atoms with Crippen LogP contribution in [0, 0.1) is 0 Å². The molecule has 0 fully saturated rings. The molecule has 2 aromatic carbocycles. The molecule has 0 N–H and O–H groups in total. The minimum Gasteiger partial charge on any atom is -0.338 e. The van der Waals surface area contributed by atoms with Crippen molar-refractivity contribution < 1.29 is 9.05 Å². The standard InChI is InChI=1S/C28H38N4S/c1-7-17-31(18-12-19-32(4,5)6)27-20-22(23-13-8-9-14-24(23)29(27)2)21-28-30(3)25-15-10-11-16-26(25)33-28/h8-11,13-16,20-21H,7,12,17-19H2,1-6H3/q+2. The van der Waals surface area contributed by atoms with E-state index < -0.39 is 0 Å². The first-order valence-electron chi connectivity index (χ1n) is 12.0. The Balaban J connectivity index is 1.75. The highest BCUT2D eigenvalue weighted by Crippen LogP contribution is 2.45. The third-order valence-corrected chi connectivity index (χ3v) is 7.50. The van der Waals surface area contributed by atoms with Crippen LogP contribution in [0.3, 0.4) is 0 Å². The zero-order valence-electron chi connectivity index (χ0n) is 21.0. The summed E-state index contributed by atoms with van der Waals surface area (Å²) >= 11 is 1.86. The van der Waals surface area contributed by atoms with Gasteiger partial charge in [-0.15, -0.1) is 0 Å². The predicted molar refractivity (Wildman–Crippen MR) is 144 cm³/mol. The Bertz CT molecular complexity index is 1160. The summed E-state index contributed by atoms with van der Waals surface area (Å²) in [5, 5.41) is 2.57. The van der Waals surface area contributed by atoms with Crippen molar-refractivity contribution in [1.29, 1.82) is 0 Å². The van der Waals surface area contributed by atoms with Gasteiger partial charge in [0.25, 0.3) is 5.82 Å². The molecule has 0 spiro atoms. The average molecular weight is 463 g/mol. The molecular weight excluding hydrogens is 424 g/mol. The van der Waals surface area contributed by atoms with Gasteiger partial charge in [0.2, 0.25) is 0 Å². The maximum atomic E-state index is 2.57. The third-order valence-electron chi connectivity index (χ3n) is 6.33. The lowest BCUT2D eigenvalue weighted by Gasteiger charge is -2.25. The van der Waals surface area contributed by atoms with Gasteiger partial charge >= 0.3 is 0 Å². The monoisotopic (exact) mass is 462 g/mol. The number of nitrogens with zero attached hydrogens (tertiary/aromatic N) is 4. The second-order valence-electron chi connectivity index (χ2n) is 10.00. The highest BCUT2D eigenvalue weighted by molar-refractivity contribution is 8.03. The molecule has 0 unspecified atom stereocenters. The third kappa shape index (κ3) is 5.20. The number of para-hydroxylation sites is 2. The van der Waals surface area contributed by atoms with Crippen LogP contribution in [0.4, 0.5) is 11.5 Å². The van der Waals surface area contributed by atoms with Crippen molar-refractivity contribution in [3.63, 3.8) is 0 Å². The molecule has 0 radical (unpaired) electrons. The van der Waals surface area contributed by atoms with Gasteiger partial charge in [-0.2, -0.15) is 0 Å². The van der Waals surface area contributed by atoms with Crippen molar-refractivity contribution in [3.05, 3.63) is 65.2 Å². The van der Waals surface area contributed by atoms with Crippen LogP contribution < -0.4 is 14.4 Å².